The molecule has 0 saturated carbocycles. The van der Waals surface area contributed by atoms with Crippen LogP contribution in [0.1, 0.15) is 26.3 Å². The van der Waals surface area contributed by atoms with E-state index >= 15 is 0 Å². The quantitative estimate of drug-likeness (QED) is 0.519. The molecule has 2 amide bonds. The molecule has 0 fully saturated rings. The van der Waals surface area contributed by atoms with Crippen molar-refractivity contribution in [2.45, 2.75) is 33.2 Å². The number of anilines is 1. The van der Waals surface area contributed by atoms with E-state index in [2.05, 4.69) is 5.32 Å². The van der Waals surface area contributed by atoms with Crippen LogP contribution in [0.25, 0.3) is 0 Å². The van der Waals surface area contributed by atoms with Crippen LogP contribution in [0.15, 0.2) is 48.5 Å². The lowest BCUT2D eigenvalue weighted by Gasteiger charge is -2.31. The third kappa shape index (κ3) is 5.99. The van der Waals surface area contributed by atoms with Crippen molar-refractivity contribution in [1.82, 2.24) is 10.2 Å². The monoisotopic (exact) mass is 489 g/mol. The topological polar surface area (TPSA) is 105 Å². The maximum Gasteiger partial charge on any atom is 0.244 e. The van der Waals surface area contributed by atoms with Crippen LogP contribution < -0.4 is 19.1 Å². The summed E-state index contributed by atoms with van der Waals surface area (Å²) in [4.78, 5) is 27.5. The normalized spacial score (nSPS) is 13.3. The smallest absolute Gasteiger partial charge is 0.244 e. The highest BCUT2D eigenvalue weighted by Crippen LogP contribution is 2.36. The molecular formula is C24H31N3O6S. The molecule has 0 aromatic heterocycles. The van der Waals surface area contributed by atoms with E-state index in [0.29, 0.717) is 30.2 Å². The van der Waals surface area contributed by atoms with E-state index in [-0.39, 0.29) is 25.0 Å². The Hall–Kier alpha value is -3.27. The first-order chi connectivity index (χ1) is 16.3. The van der Waals surface area contributed by atoms with Crippen molar-refractivity contribution in [3.05, 3.63) is 54.1 Å². The third-order valence-corrected chi connectivity index (χ3v) is 7.37. The van der Waals surface area contributed by atoms with E-state index in [0.717, 1.165) is 9.87 Å². The lowest BCUT2D eigenvalue weighted by atomic mass is 10.1. The fourth-order valence-electron chi connectivity index (χ4n) is 3.65. The molecule has 0 unspecified atom stereocenters. The number of carbonyl (C=O) groups is 2. The van der Waals surface area contributed by atoms with Crippen molar-refractivity contribution in [3.8, 4) is 11.5 Å². The highest BCUT2D eigenvalue weighted by molar-refractivity contribution is 7.92. The minimum atomic E-state index is -3.79. The van der Waals surface area contributed by atoms with Crippen LogP contribution in [0.2, 0.25) is 0 Å². The molecular weight excluding hydrogens is 458 g/mol. The Morgan fingerprint density at radius 2 is 1.76 bits per heavy atom. The van der Waals surface area contributed by atoms with Gasteiger partial charge in [0.1, 0.15) is 12.6 Å². The number of nitrogens with one attached hydrogen (secondary N) is 1. The number of nitrogens with zero attached hydrogens (tertiary/aromatic N) is 2. The largest absolute Gasteiger partial charge is 0.454 e. The first-order valence-corrected chi connectivity index (χ1v) is 12.9. The average molecular weight is 490 g/mol. The maximum absolute atomic E-state index is 13.5. The van der Waals surface area contributed by atoms with Crippen molar-refractivity contribution in [3.63, 3.8) is 0 Å². The molecule has 184 valence electrons. The number of carbonyl (C=O) groups excluding carboxylic acids is 2. The van der Waals surface area contributed by atoms with Gasteiger partial charge in [-0.25, -0.2) is 8.42 Å². The predicted molar refractivity (Wildman–Crippen MR) is 129 cm³/mol. The second-order valence-electron chi connectivity index (χ2n) is 7.84. The van der Waals surface area contributed by atoms with Crippen LogP contribution in [0.3, 0.4) is 0 Å². The second-order valence-corrected chi connectivity index (χ2v) is 10.0. The fraction of sp³-hybridized carbons (Fsp3) is 0.417. The lowest BCUT2D eigenvalue weighted by Crippen LogP contribution is -2.52. The lowest BCUT2D eigenvalue weighted by molar-refractivity contribution is -0.138. The van der Waals surface area contributed by atoms with Gasteiger partial charge in [0.2, 0.25) is 28.6 Å². The molecule has 34 heavy (non-hydrogen) atoms. The number of hydrogen-bond donors (Lipinski definition) is 1. The molecule has 1 heterocycles. The van der Waals surface area contributed by atoms with Gasteiger partial charge in [-0.1, -0.05) is 30.3 Å². The first-order valence-electron chi connectivity index (χ1n) is 11.3. The molecule has 1 aliphatic heterocycles. The summed E-state index contributed by atoms with van der Waals surface area (Å²) in [6, 6.07) is 13.6. The van der Waals surface area contributed by atoms with Crippen LogP contribution >= 0.6 is 0 Å². The predicted octanol–water partition coefficient (Wildman–Crippen LogP) is 2.17. The summed E-state index contributed by atoms with van der Waals surface area (Å²) < 4.78 is 37.7. The van der Waals surface area contributed by atoms with Crippen molar-refractivity contribution in [1.29, 1.82) is 0 Å². The summed E-state index contributed by atoms with van der Waals surface area (Å²) in [5.41, 5.74) is 1.31. The van der Waals surface area contributed by atoms with Gasteiger partial charge in [-0.05, 0) is 44.9 Å². The molecule has 1 aliphatic rings. The van der Waals surface area contributed by atoms with Gasteiger partial charge in [0.05, 0.1) is 11.4 Å². The fourth-order valence-corrected chi connectivity index (χ4v) is 4.71. The Balaban J connectivity index is 1.87. The van der Waals surface area contributed by atoms with E-state index < -0.39 is 28.5 Å². The van der Waals surface area contributed by atoms with Crippen molar-refractivity contribution in [2.75, 3.05) is 36.5 Å². The Bertz CT molecular complexity index is 1110. The number of ether oxygens (including phenoxy) is 2. The minimum absolute atomic E-state index is 0.0512. The molecule has 2 aromatic carbocycles. The second kappa shape index (κ2) is 11.2. The van der Waals surface area contributed by atoms with Crippen LogP contribution in [-0.2, 0) is 26.0 Å². The van der Waals surface area contributed by atoms with Crippen LogP contribution in [0, 0.1) is 0 Å². The number of fused-ring (bicyclic) bond motifs is 1. The van der Waals surface area contributed by atoms with E-state index in [9.17, 15) is 18.0 Å². The highest BCUT2D eigenvalue weighted by Gasteiger charge is 2.31. The highest BCUT2D eigenvalue weighted by atomic mass is 32.2. The third-order valence-electron chi connectivity index (χ3n) is 5.63. The number of likely N-dealkylation sites (N-methyl/N-ethyl adjacent to an activating group) is 1. The van der Waals surface area contributed by atoms with E-state index in [1.165, 1.54) is 11.8 Å². The van der Waals surface area contributed by atoms with Gasteiger partial charge in [0.15, 0.2) is 11.5 Å². The van der Waals surface area contributed by atoms with Crippen LogP contribution in [0.5, 0.6) is 11.5 Å². The Kier molecular flexibility index (Phi) is 8.38. The Morgan fingerprint density at radius 1 is 1.06 bits per heavy atom. The van der Waals surface area contributed by atoms with Gasteiger partial charge < -0.3 is 19.7 Å². The molecule has 9 nitrogen and oxygen atoms in total. The zero-order chi connectivity index (χ0) is 24.7. The molecule has 2 aromatic rings. The molecule has 0 spiro atoms. The molecule has 0 radical (unpaired) electrons. The summed E-state index contributed by atoms with van der Waals surface area (Å²) in [7, 11) is -3.79. The van der Waals surface area contributed by atoms with Gasteiger partial charge in [-0.2, -0.15) is 0 Å². The van der Waals surface area contributed by atoms with Crippen molar-refractivity contribution < 1.29 is 27.5 Å². The molecule has 3 rings (SSSR count). The summed E-state index contributed by atoms with van der Waals surface area (Å²) in [5.74, 6) is -0.0256. The average Bonchev–Trinajstić information content (AvgIpc) is 3.31. The van der Waals surface area contributed by atoms with Gasteiger partial charge in [-0.3, -0.25) is 13.9 Å². The standard InChI is InChI=1S/C24H31N3O6S/c1-4-25-24(29)18(3)26(14-13-19-9-7-6-8-10-19)23(28)16-27(34(30,31)5-2)20-11-12-21-22(15-20)33-17-32-21/h6-12,15,18H,4-5,13-14,16-17H2,1-3H3,(H,25,29)/t18-/m1/s1. The maximum atomic E-state index is 13.5. The van der Waals surface area contributed by atoms with E-state index in [4.69, 9.17) is 9.47 Å². The molecule has 0 bridgehead atoms. The van der Waals surface area contributed by atoms with Gasteiger partial charge in [-0.15, -0.1) is 0 Å². The number of hydrogen-bond acceptors (Lipinski definition) is 6. The SMILES string of the molecule is CCNC(=O)[C@@H](C)N(CCc1ccccc1)C(=O)CN(c1ccc2c(c1)OCO2)S(=O)(=O)CC. The molecule has 1 atom stereocenters. The first kappa shape index (κ1) is 25.4. The minimum Gasteiger partial charge on any atom is -0.454 e. The van der Waals surface area contributed by atoms with Crippen molar-refractivity contribution >= 4 is 27.5 Å². The number of rotatable bonds is 11. The van der Waals surface area contributed by atoms with E-state index in [1.54, 1.807) is 32.0 Å². The zero-order valence-electron chi connectivity index (χ0n) is 19.7. The zero-order valence-corrected chi connectivity index (χ0v) is 20.5. The number of amides is 2. The van der Waals surface area contributed by atoms with Crippen molar-refractivity contribution in [2.24, 2.45) is 0 Å². The van der Waals surface area contributed by atoms with Gasteiger partial charge in [0.25, 0.3) is 0 Å². The summed E-state index contributed by atoms with van der Waals surface area (Å²) in [5, 5.41) is 2.74. The summed E-state index contributed by atoms with van der Waals surface area (Å²) >= 11 is 0. The number of sulfonamides is 1. The molecule has 10 heteroatoms. The summed E-state index contributed by atoms with van der Waals surface area (Å²) in [6.07, 6.45) is 0.529. The molecule has 0 aliphatic carbocycles. The van der Waals surface area contributed by atoms with Crippen LogP contribution in [0.4, 0.5) is 5.69 Å². The van der Waals surface area contributed by atoms with Gasteiger partial charge in [0, 0.05) is 19.2 Å². The Labute approximate surface area is 200 Å². The molecule has 0 saturated heterocycles. The van der Waals surface area contributed by atoms with Gasteiger partial charge >= 0.3 is 0 Å². The molecule has 1 N–H and O–H groups in total. The Morgan fingerprint density at radius 3 is 2.44 bits per heavy atom. The van der Waals surface area contributed by atoms with Crippen LogP contribution in [-0.4, -0.2) is 63.4 Å². The summed E-state index contributed by atoms with van der Waals surface area (Å²) in [6.45, 7) is 5.27. The van der Waals surface area contributed by atoms with E-state index in [1.807, 2.05) is 30.3 Å². The number of benzene rings is 2.